The number of nitrogens with two attached hydrogens (primary N) is 1. The van der Waals surface area contributed by atoms with Crippen molar-refractivity contribution in [1.29, 1.82) is 0 Å². The van der Waals surface area contributed by atoms with Gasteiger partial charge in [0.15, 0.2) is 0 Å². The van der Waals surface area contributed by atoms with Crippen molar-refractivity contribution in [3.63, 3.8) is 0 Å². The van der Waals surface area contributed by atoms with E-state index in [4.69, 9.17) is 17.3 Å². The van der Waals surface area contributed by atoms with Gasteiger partial charge in [0.25, 0.3) is 0 Å². The average molecular weight is 289 g/mol. The average Bonchev–Trinajstić information content (AvgIpc) is 2.79. The first-order chi connectivity index (χ1) is 8.76. The van der Waals surface area contributed by atoms with Gasteiger partial charge in [-0.3, -0.25) is 4.90 Å². The number of hydrogen-bond acceptors (Lipinski definition) is 4. The summed E-state index contributed by atoms with van der Waals surface area (Å²) >= 11 is 7.63. The van der Waals surface area contributed by atoms with E-state index < -0.39 is 0 Å². The third-order valence-electron chi connectivity index (χ3n) is 3.68. The van der Waals surface area contributed by atoms with E-state index in [-0.39, 0.29) is 12.6 Å². The van der Waals surface area contributed by atoms with Gasteiger partial charge in [0.05, 0.1) is 10.4 Å². The minimum Gasteiger partial charge on any atom is -0.396 e. The minimum atomic E-state index is 0.249. The zero-order valence-electron chi connectivity index (χ0n) is 10.5. The van der Waals surface area contributed by atoms with E-state index in [1.807, 2.05) is 6.07 Å². The third-order valence-corrected chi connectivity index (χ3v) is 5.01. The summed E-state index contributed by atoms with van der Waals surface area (Å²) in [4.78, 5) is 3.70. The van der Waals surface area contributed by atoms with Crippen molar-refractivity contribution < 1.29 is 5.11 Å². The fourth-order valence-electron chi connectivity index (χ4n) is 2.81. The van der Waals surface area contributed by atoms with Crippen LogP contribution in [0.3, 0.4) is 0 Å². The summed E-state index contributed by atoms with van der Waals surface area (Å²) in [5, 5.41) is 9.19. The van der Waals surface area contributed by atoms with Gasteiger partial charge < -0.3 is 10.8 Å². The molecule has 0 saturated carbocycles. The summed E-state index contributed by atoms with van der Waals surface area (Å²) < 4.78 is 0.819. The molecule has 1 aliphatic rings. The van der Waals surface area contributed by atoms with Crippen LogP contribution >= 0.6 is 22.9 Å². The van der Waals surface area contributed by atoms with Crippen LogP contribution in [0.5, 0.6) is 0 Å². The highest BCUT2D eigenvalue weighted by atomic mass is 35.5. The Morgan fingerprint density at radius 2 is 2.33 bits per heavy atom. The van der Waals surface area contributed by atoms with Crippen molar-refractivity contribution in [2.24, 2.45) is 5.73 Å². The van der Waals surface area contributed by atoms with E-state index in [9.17, 15) is 5.11 Å². The number of piperidine rings is 1. The normalized spacial score (nSPS) is 23.2. The quantitative estimate of drug-likeness (QED) is 0.876. The molecule has 1 aromatic rings. The molecular weight excluding hydrogens is 268 g/mol. The molecule has 3 N–H and O–H groups in total. The van der Waals surface area contributed by atoms with E-state index in [1.165, 1.54) is 17.7 Å². The third kappa shape index (κ3) is 3.25. The molecule has 0 aromatic carbocycles. The van der Waals surface area contributed by atoms with Crippen LogP contribution in [0, 0.1) is 0 Å². The van der Waals surface area contributed by atoms with Crippen molar-refractivity contribution in [2.75, 3.05) is 19.7 Å². The zero-order chi connectivity index (χ0) is 13.0. The van der Waals surface area contributed by atoms with Crippen LogP contribution in [0.4, 0.5) is 0 Å². The maximum atomic E-state index is 9.19. The maximum absolute atomic E-state index is 9.19. The Hall–Kier alpha value is -0.130. The first-order valence-corrected chi connectivity index (χ1v) is 7.77. The number of likely N-dealkylation sites (tertiary alicyclic amines) is 1. The summed E-state index contributed by atoms with van der Waals surface area (Å²) in [7, 11) is 0. The van der Waals surface area contributed by atoms with Crippen LogP contribution in [0.1, 0.15) is 36.6 Å². The zero-order valence-corrected chi connectivity index (χ0v) is 12.1. The molecule has 1 aliphatic heterocycles. The number of aliphatic hydroxyl groups excluding tert-OH is 1. The van der Waals surface area contributed by atoms with Gasteiger partial charge in [0.2, 0.25) is 0 Å². The summed E-state index contributed by atoms with van der Waals surface area (Å²) in [5.74, 6) is 0. The van der Waals surface area contributed by atoms with E-state index in [1.54, 1.807) is 11.3 Å². The second kappa shape index (κ2) is 6.87. The summed E-state index contributed by atoms with van der Waals surface area (Å²) in [5.41, 5.74) is 5.96. The predicted octanol–water partition coefficient (Wildman–Crippen LogP) is 2.64. The van der Waals surface area contributed by atoms with Crippen molar-refractivity contribution >= 4 is 22.9 Å². The molecule has 2 rings (SSSR count). The Morgan fingerprint density at radius 3 is 2.94 bits per heavy atom. The first-order valence-electron chi connectivity index (χ1n) is 6.58. The van der Waals surface area contributed by atoms with Crippen molar-refractivity contribution in [2.45, 2.75) is 37.8 Å². The Morgan fingerprint density at radius 1 is 1.50 bits per heavy atom. The molecular formula is C13H21ClN2OS. The lowest BCUT2D eigenvalue weighted by atomic mass is 9.97. The van der Waals surface area contributed by atoms with Gasteiger partial charge in [-0.15, -0.1) is 11.3 Å². The molecule has 5 heteroatoms. The minimum absolute atomic E-state index is 0.249. The van der Waals surface area contributed by atoms with Crippen LogP contribution in [-0.2, 0) is 0 Å². The van der Waals surface area contributed by atoms with Gasteiger partial charge >= 0.3 is 0 Å². The maximum Gasteiger partial charge on any atom is 0.0931 e. The number of thiophene rings is 1. The van der Waals surface area contributed by atoms with Gasteiger partial charge in [-0.05, 0) is 37.9 Å². The van der Waals surface area contributed by atoms with E-state index in [0.717, 1.165) is 23.7 Å². The Kier molecular flexibility index (Phi) is 5.45. The van der Waals surface area contributed by atoms with Crippen LogP contribution in [0.2, 0.25) is 4.34 Å². The van der Waals surface area contributed by atoms with Crippen molar-refractivity contribution in [3.05, 3.63) is 21.3 Å². The van der Waals surface area contributed by atoms with Crippen LogP contribution in [0.15, 0.2) is 12.1 Å². The number of nitrogens with zero attached hydrogens (tertiary/aromatic N) is 1. The molecule has 1 fully saturated rings. The largest absolute Gasteiger partial charge is 0.396 e. The second-order valence-corrected chi connectivity index (χ2v) is 6.54. The topological polar surface area (TPSA) is 49.5 Å². The van der Waals surface area contributed by atoms with Gasteiger partial charge in [0.1, 0.15) is 0 Å². The number of aliphatic hydroxyl groups is 1. The second-order valence-electron chi connectivity index (χ2n) is 4.79. The highest BCUT2D eigenvalue weighted by molar-refractivity contribution is 7.16. The Balaban J connectivity index is 2.14. The predicted molar refractivity (Wildman–Crippen MR) is 77.2 cm³/mol. The molecule has 2 atom stereocenters. The monoisotopic (exact) mass is 288 g/mol. The van der Waals surface area contributed by atoms with E-state index in [0.29, 0.717) is 12.6 Å². The van der Waals surface area contributed by atoms with Gasteiger partial charge in [-0.2, -0.15) is 0 Å². The molecule has 0 bridgehead atoms. The number of hydrogen-bond donors (Lipinski definition) is 2. The number of halogens is 1. The standard InChI is InChI=1S/C13H21ClN2OS/c14-13-5-4-12(18-13)11(9-15)16-7-2-1-3-10(16)6-8-17/h4-5,10-11,17H,1-3,6-9,15H2. The Labute approximate surface area is 118 Å². The van der Waals surface area contributed by atoms with E-state index in [2.05, 4.69) is 11.0 Å². The van der Waals surface area contributed by atoms with Crippen LogP contribution in [-0.4, -0.2) is 35.7 Å². The summed E-state index contributed by atoms with van der Waals surface area (Å²) in [6, 6.07) is 4.72. The van der Waals surface area contributed by atoms with Gasteiger partial charge in [0, 0.05) is 24.1 Å². The van der Waals surface area contributed by atoms with Crippen LogP contribution in [0.25, 0.3) is 0 Å². The smallest absolute Gasteiger partial charge is 0.0931 e. The molecule has 102 valence electrons. The Bertz CT molecular complexity index is 370. The molecule has 3 nitrogen and oxygen atoms in total. The van der Waals surface area contributed by atoms with Gasteiger partial charge in [-0.25, -0.2) is 0 Å². The lowest BCUT2D eigenvalue weighted by molar-refractivity contribution is 0.0797. The fraction of sp³-hybridized carbons (Fsp3) is 0.692. The molecule has 0 amide bonds. The van der Waals surface area contributed by atoms with E-state index >= 15 is 0 Å². The first kappa shape index (κ1) is 14.3. The summed E-state index contributed by atoms with van der Waals surface area (Å²) in [6.07, 6.45) is 4.48. The SMILES string of the molecule is NCC(c1ccc(Cl)s1)N1CCCCC1CCO. The molecule has 0 aliphatic carbocycles. The lowest BCUT2D eigenvalue weighted by Gasteiger charge is -2.40. The highest BCUT2D eigenvalue weighted by Crippen LogP contribution is 2.34. The van der Waals surface area contributed by atoms with Gasteiger partial charge in [-0.1, -0.05) is 18.0 Å². The molecule has 1 aromatic heterocycles. The molecule has 0 radical (unpaired) electrons. The number of rotatable bonds is 5. The van der Waals surface area contributed by atoms with Crippen LogP contribution < -0.4 is 5.73 Å². The summed E-state index contributed by atoms with van der Waals surface area (Å²) in [6.45, 7) is 1.93. The van der Waals surface area contributed by atoms with Crippen molar-refractivity contribution in [1.82, 2.24) is 4.90 Å². The lowest BCUT2D eigenvalue weighted by Crippen LogP contribution is -2.44. The van der Waals surface area contributed by atoms with Crippen molar-refractivity contribution in [3.8, 4) is 0 Å². The molecule has 1 saturated heterocycles. The molecule has 0 spiro atoms. The molecule has 18 heavy (non-hydrogen) atoms. The highest BCUT2D eigenvalue weighted by Gasteiger charge is 2.29. The molecule has 2 heterocycles. The fourth-order valence-corrected chi connectivity index (χ4v) is 4.01. The molecule has 2 unspecified atom stereocenters.